The van der Waals surface area contributed by atoms with E-state index in [0.29, 0.717) is 22.2 Å². The van der Waals surface area contributed by atoms with E-state index in [4.69, 9.17) is 0 Å². The number of rotatable bonds is 5. The molecule has 0 saturated carbocycles. The molecule has 0 fully saturated rings. The van der Waals surface area contributed by atoms with Crippen LogP contribution < -0.4 is 5.32 Å². The molecule has 0 spiro atoms. The zero-order chi connectivity index (χ0) is 19.7. The van der Waals surface area contributed by atoms with Gasteiger partial charge in [-0.3, -0.25) is 9.48 Å². The summed E-state index contributed by atoms with van der Waals surface area (Å²) in [4.78, 5) is 20.9. The van der Waals surface area contributed by atoms with E-state index in [1.54, 1.807) is 40.8 Å². The van der Waals surface area contributed by atoms with Crippen LogP contribution in [-0.2, 0) is 11.8 Å². The molecule has 0 aliphatic carbocycles. The zero-order valence-corrected chi connectivity index (χ0v) is 15.9. The lowest BCUT2D eigenvalue weighted by molar-refractivity contribution is -0.113. The minimum absolute atomic E-state index is 0.161. The predicted octanol–water partition coefficient (Wildman–Crippen LogP) is 2.73. The number of hydrogen-bond donors (Lipinski definition) is 1. The molecule has 0 atom stereocenters. The van der Waals surface area contributed by atoms with Gasteiger partial charge in [0.1, 0.15) is 23.0 Å². The fourth-order valence-corrected chi connectivity index (χ4v) is 3.50. The molecular formula is C18H16FN7OS. The van der Waals surface area contributed by atoms with Crippen molar-refractivity contribution in [3.63, 3.8) is 0 Å². The first-order valence-corrected chi connectivity index (χ1v) is 9.38. The zero-order valence-electron chi connectivity index (χ0n) is 15.1. The third-order valence-electron chi connectivity index (χ3n) is 4.00. The fraction of sp³-hybridized carbons (Fsp3) is 0.167. The molecule has 4 rings (SSSR count). The molecule has 0 bridgehead atoms. The van der Waals surface area contributed by atoms with Crippen molar-refractivity contribution in [2.45, 2.75) is 11.9 Å². The molecule has 0 aliphatic heterocycles. The highest BCUT2D eigenvalue weighted by Crippen LogP contribution is 2.24. The van der Waals surface area contributed by atoms with E-state index >= 15 is 0 Å². The van der Waals surface area contributed by atoms with Gasteiger partial charge in [0.05, 0.1) is 28.7 Å². The molecule has 1 amide bonds. The first-order valence-electron chi connectivity index (χ1n) is 8.39. The first-order chi connectivity index (χ1) is 13.5. The third kappa shape index (κ3) is 3.58. The molecule has 0 saturated heterocycles. The van der Waals surface area contributed by atoms with Crippen LogP contribution in [0, 0.1) is 12.7 Å². The van der Waals surface area contributed by atoms with Crippen molar-refractivity contribution in [2.75, 3.05) is 11.1 Å². The van der Waals surface area contributed by atoms with Gasteiger partial charge in [0.15, 0.2) is 5.65 Å². The van der Waals surface area contributed by atoms with Gasteiger partial charge in [0.25, 0.3) is 0 Å². The third-order valence-corrected chi connectivity index (χ3v) is 5.01. The van der Waals surface area contributed by atoms with Crippen molar-refractivity contribution in [1.29, 1.82) is 0 Å². The molecule has 142 valence electrons. The number of nitrogens with one attached hydrogen (secondary N) is 1. The monoisotopic (exact) mass is 397 g/mol. The van der Waals surface area contributed by atoms with E-state index in [9.17, 15) is 9.18 Å². The van der Waals surface area contributed by atoms with Gasteiger partial charge in [-0.15, -0.1) is 0 Å². The lowest BCUT2D eigenvalue weighted by Gasteiger charge is -2.09. The standard InChI is InChI=1S/C18H16FN7OS/c1-11-7-15(26(24-11)13-5-3-12(19)4-6-13)23-16(27)9-28-18-14-8-22-25(2)17(14)20-10-21-18/h3-8,10H,9H2,1-2H3,(H,23,27). The number of nitrogens with zero attached hydrogens (tertiary/aromatic N) is 6. The summed E-state index contributed by atoms with van der Waals surface area (Å²) >= 11 is 1.31. The van der Waals surface area contributed by atoms with E-state index in [0.717, 1.165) is 11.1 Å². The van der Waals surface area contributed by atoms with Crippen molar-refractivity contribution >= 4 is 34.5 Å². The summed E-state index contributed by atoms with van der Waals surface area (Å²) in [6.07, 6.45) is 3.14. The maximum atomic E-state index is 13.2. The van der Waals surface area contributed by atoms with Gasteiger partial charge in [0, 0.05) is 13.1 Å². The van der Waals surface area contributed by atoms with E-state index in [1.807, 2.05) is 6.92 Å². The van der Waals surface area contributed by atoms with Crippen LogP contribution in [0.2, 0.25) is 0 Å². The number of carbonyl (C=O) groups excluding carboxylic acids is 1. The highest BCUT2D eigenvalue weighted by atomic mass is 32.2. The number of anilines is 1. The predicted molar refractivity (Wildman–Crippen MR) is 104 cm³/mol. The average Bonchev–Trinajstić information content (AvgIpc) is 3.24. The van der Waals surface area contributed by atoms with Crippen molar-refractivity contribution in [1.82, 2.24) is 29.5 Å². The van der Waals surface area contributed by atoms with Crippen LogP contribution in [0.15, 0.2) is 47.9 Å². The van der Waals surface area contributed by atoms with Crippen LogP contribution >= 0.6 is 11.8 Å². The molecule has 1 aromatic carbocycles. The second-order valence-electron chi connectivity index (χ2n) is 6.08. The number of hydrogen-bond acceptors (Lipinski definition) is 6. The second-order valence-corrected chi connectivity index (χ2v) is 7.04. The topological polar surface area (TPSA) is 90.5 Å². The summed E-state index contributed by atoms with van der Waals surface area (Å²) in [5.74, 6) is 0.142. The Hall–Kier alpha value is -3.27. The van der Waals surface area contributed by atoms with Gasteiger partial charge < -0.3 is 5.32 Å². The lowest BCUT2D eigenvalue weighted by atomic mass is 10.3. The number of thioether (sulfide) groups is 1. The SMILES string of the molecule is Cc1cc(NC(=O)CSc2ncnc3c2cnn3C)n(-c2ccc(F)cc2)n1. The summed E-state index contributed by atoms with van der Waals surface area (Å²) < 4.78 is 16.4. The largest absolute Gasteiger partial charge is 0.310 e. The van der Waals surface area contributed by atoms with Crippen molar-refractivity contribution in [3.05, 3.63) is 54.4 Å². The number of amides is 1. The molecule has 0 unspecified atom stereocenters. The Morgan fingerprint density at radius 2 is 2.04 bits per heavy atom. The number of halogens is 1. The summed E-state index contributed by atoms with van der Waals surface area (Å²) in [5.41, 5.74) is 2.10. The molecular weight excluding hydrogens is 381 g/mol. The molecule has 0 aliphatic rings. The highest BCUT2D eigenvalue weighted by Gasteiger charge is 2.14. The Kier molecular flexibility index (Phi) is 4.78. The second kappa shape index (κ2) is 7.39. The van der Waals surface area contributed by atoms with Crippen LogP contribution in [0.5, 0.6) is 0 Å². The Balaban J connectivity index is 1.49. The van der Waals surface area contributed by atoms with Crippen molar-refractivity contribution in [3.8, 4) is 5.69 Å². The molecule has 28 heavy (non-hydrogen) atoms. The summed E-state index contributed by atoms with van der Waals surface area (Å²) in [6, 6.07) is 7.67. The maximum absolute atomic E-state index is 13.2. The molecule has 0 radical (unpaired) electrons. The van der Waals surface area contributed by atoms with Crippen molar-refractivity contribution < 1.29 is 9.18 Å². The quantitative estimate of drug-likeness (QED) is 0.411. The number of aryl methyl sites for hydroxylation is 2. The number of carbonyl (C=O) groups is 1. The Morgan fingerprint density at radius 1 is 1.25 bits per heavy atom. The van der Waals surface area contributed by atoms with E-state index in [-0.39, 0.29) is 17.5 Å². The first kappa shape index (κ1) is 18.1. The van der Waals surface area contributed by atoms with Gasteiger partial charge in [-0.2, -0.15) is 10.2 Å². The van der Waals surface area contributed by atoms with Gasteiger partial charge in [-0.1, -0.05) is 11.8 Å². The molecule has 1 N–H and O–H groups in total. The Labute approximate surface area is 163 Å². The normalized spacial score (nSPS) is 11.1. The van der Waals surface area contributed by atoms with Crippen LogP contribution in [0.4, 0.5) is 10.2 Å². The van der Waals surface area contributed by atoms with Crippen LogP contribution in [0.25, 0.3) is 16.7 Å². The highest BCUT2D eigenvalue weighted by molar-refractivity contribution is 8.00. The summed E-state index contributed by atoms with van der Waals surface area (Å²) in [5, 5.41) is 12.9. The average molecular weight is 397 g/mol. The van der Waals surface area contributed by atoms with Gasteiger partial charge in [-0.05, 0) is 31.2 Å². The number of fused-ring (bicyclic) bond motifs is 1. The van der Waals surface area contributed by atoms with Gasteiger partial charge in [0.2, 0.25) is 5.91 Å². The van der Waals surface area contributed by atoms with E-state index in [1.165, 1.54) is 30.2 Å². The minimum Gasteiger partial charge on any atom is -0.310 e. The molecule has 3 heterocycles. The molecule has 8 nitrogen and oxygen atoms in total. The smallest absolute Gasteiger partial charge is 0.235 e. The van der Waals surface area contributed by atoms with Crippen molar-refractivity contribution in [2.24, 2.45) is 7.05 Å². The van der Waals surface area contributed by atoms with Gasteiger partial charge in [-0.25, -0.2) is 19.0 Å². The summed E-state index contributed by atoms with van der Waals surface area (Å²) in [6.45, 7) is 1.82. The van der Waals surface area contributed by atoms with Gasteiger partial charge >= 0.3 is 0 Å². The van der Waals surface area contributed by atoms with E-state index < -0.39 is 0 Å². The minimum atomic E-state index is -0.332. The molecule has 10 heteroatoms. The lowest BCUT2D eigenvalue weighted by Crippen LogP contribution is -2.17. The van der Waals surface area contributed by atoms with Crippen LogP contribution in [-0.4, -0.2) is 41.2 Å². The molecule has 3 aromatic heterocycles. The summed E-state index contributed by atoms with van der Waals surface area (Å²) in [7, 11) is 1.80. The number of aromatic nitrogens is 6. The Bertz CT molecular complexity index is 1150. The van der Waals surface area contributed by atoms with Crippen LogP contribution in [0.3, 0.4) is 0 Å². The number of benzene rings is 1. The van der Waals surface area contributed by atoms with Crippen LogP contribution in [0.1, 0.15) is 5.69 Å². The fourth-order valence-electron chi connectivity index (χ4n) is 2.74. The Morgan fingerprint density at radius 3 is 2.82 bits per heavy atom. The maximum Gasteiger partial charge on any atom is 0.235 e. The molecule has 4 aromatic rings. The van der Waals surface area contributed by atoms with E-state index in [2.05, 4.69) is 25.5 Å².